The second kappa shape index (κ2) is 9.97. The van der Waals surface area contributed by atoms with Crippen molar-refractivity contribution < 1.29 is 15.3 Å². The van der Waals surface area contributed by atoms with Gasteiger partial charge in [0.25, 0.3) is 0 Å². The molecule has 28 heavy (non-hydrogen) atoms. The molecule has 0 amide bonds. The van der Waals surface area contributed by atoms with Gasteiger partial charge in [0.2, 0.25) is 0 Å². The van der Waals surface area contributed by atoms with Gasteiger partial charge < -0.3 is 15.3 Å². The summed E-state index contributed by atoms with van der Waals surface area (Å²) in [5.74, 6) is 0.795. The second-order valence-corrected chi connectivity index (χ2v) is 9.43. The molecule has 3 heteroatoms. The maximum absolute atomic E-state index is 10.4. The molecule has 0 spiro atoms. The van der Waals surface area contributed by atoms with Crippen molar-refractivity contribution in [3.05, 3.63) is 58.7 Å². The first-order chi connectivity index (χ1) is 12.9. The van der Waals surface area contributed by atoms with Gasteiger partial charge in [-0.2, -0.15) is 0 Å². The Morgan fingerprint density at radius 3 is 1.71 bits per heavy atom. The number of phenolic OH excluding ortho intramolecular Hbond substituents is 2. The maximum atomic E-state index is 10.4. The molecule has 2 aromatic rings. The van der Waals surface area contributed by atoms with Gasteiger partial charge in [-0.1, -0.05) is 73.1 Å². The lowest BCUT2D eigenvalue weighted by Crippen LogP contribution is -2.17. The minimum Gasteiger partial charge on any atom is -0.508 e. The Hall–Kier alpha value is -2.00. The monoisotopic (exact) mass is 386 g/mol. The Morgan fingerprint density at radius 1 is 0.821 bits per heavy atom. The molecule has 0 bridgehead atoms. The van der Waals surface area contributed by atoms with E-state index in [0.29, 0.717) is 11.5 Å². The largest absolute Gasteiger partial charge is 0.508 e. The summed E-state index contributed by atoms with van der Waals surface area (Å²) in [5, 5.41) is 29.1. The Morgan fingerprint density at radius 2 is 1.32 bits per heavy atom. The molecule has 0 fully saturated rings. The van der Waals surface area contributed by atoms with Crippen LogP contribution in [0.25, 0.3) is 0 Å². The minimum absolute atomic E-state index is 0.00639. The summed E-state index contributed by atoms with van der Waals surface area (Å²) in [6.07, 6.45) is 3.31. The van der Waals surface area contributed by atoms with E-state index in [9.17, 15) is 15.3 Å². The molecule has 2 aromatic carbocycles. The van der Waals surface area contributed by atoms with E-state index >= 15 is 0 Å². The first kappa shape index (κ1) is 24.0. The van der Waals surface area contributed by atoms with Gasteiger partial charge in [-0.25, -0.2) is 0 Å². The summed E-state index contributed by atoms with van der Waals surface area (Å²) in [6, 6.07) is 11.3. The van der Waals surface area contributed by atoms with Crippen molar-refractivity contribution in [3.8, 4) is 11.5 Å². The van der Waals surface area contributed by atoms with Crippen LogP contribution < -0.4 is 0 Å². The highest BCUT2D eigenvalue weighted by Gasteiger charge is 2.26. The number of benzene rings is 2. The molecule has 0 aliphatic carbocycles. The van der Waals surface area contributed by atoms with E-state index in [1.165, 1.54) is 6.42 Å². The molecule has 0 saturated heterocycles. The van der Waals surface area contributed by atoms with Gasteiger partial charge in [-0.3, -0.25) is 0 Å². The van der Waals surface area contributed by atoms with Crippen molar-refractivity contribution >= 4 is 0 Å². The van der Waals surface area contributed by atoms with E-state index in [-0.39, 0.29) is 17.4 Å². The van der Waals surface area contributed by atoms with Crippen molar-refractivity contribution in [2.45, 2.75) is 85.2 Å². The lowest BCUT2D eigenvalue weighted by molar-refractivity contribution is 0.281. The van der Waals surface area contributed by atoms with Crippen LogP contribution in [-0.2, 0) is 23.9 Å². The normalized spacial score (nSPS) is 11.7. The quantitative estimate of drug-likeness (QED) is 0.585. The SMILES string of the molecule is CC(C)(C)c1cc(CO)cc(C(C)(C)C)c1O.CCCCc1ccccc1O. The fourth-order valence-corrected chi connectivity index (χ4v) is 3.02. The summed E-state index contributed by atoms with van der Waals surface area (Å²) in [7, 11) is 0. The highest BCUT2D eigenvalue weighted by molar-refractivity contribution is 5.49. The lowest BCUT2D eigenvalue weighted by atomic mass is 9.78. The number of aliphatic hydroxyl groups is 1. The average molecular weight is 387 g/mol. The number of para-hydroxylation sites is 1. The molecule has 0 aliphatic rings. The standard InChI is InChI=1S/C15H24O2.C10H14O/c1-14(2,3)11-7-10(9-16)8-12(13(11)17)15(4,5)6;1-2-3-6-9-7-4-5-8-10(9)11/h7-8,16-17H,9H2,1-6H3;4-5,7-8,11H,2-3,6H2,1H3. The number of hydrogen-bond donors (Lipinski definition) is 3. The molecule has 3 N–H and O–H groups in total. The van der Waals surface area contributed by atoms with Crippen LogP contribution >= 0.6 is 0 Å². The maximum Gasteiger partial charge on any atom is 0.123 e. The molecular weight excluding hydrogens is 348 g/mol. The van der Waals surface area contributed by atoms with Crippen molar-refractivity contribution in [2.75, 3.05) is 0 Å². The van der Waals surface area contributed by atoms with E-state index in [2.05, 4.69) is 48.5 Å². The van der Waals surface area contributed by atoms with Gasteiger partial charge in [0, 0.05) is 0 Å². The first-order valence-electron chi connectivity index (χ1n) is 10.2. The van der Waals surface area contributed by atoms with E-state index in [0.717, 1.165) is 35.1 Å². The molecular formula is C25H38O3. The van der Waals surface area contributed by atoms with Gasteiger partial charge in [0.1, 0.15) is 11.5 Å². The number of unbranched alkanes of at least 4 members (excludes halogenated alkanes) is 1. The molecule has 2 rings (SSSR count). The van der Waals surface area contributed by atoms with E-state index in [4.69, 9.17) is 0 Å². The molecule has 0 aromatic heterocycles. The van der Waals surface area contributed by atoms with E-state index in [1.54, 1.807) is 6.07 Å². The summed E-state index contributed by atoms with van der Waals surface area (Å²) in [5.41, 5.74) is 3.46. The third kappa shape index (κ3) is 6.87. The van der Waals surface area contributed by atoms with Gasteiger partial charge >= 0.3 is 0 Å². The zero-order valence-electron chi connectivity index (χ0n) is 18.6. The fraction of sp³-hybridized carbons (Fsp3) is 0.520. The zero-order chi connectivity index (χ0) is 21.5. The predicted molar refractivity (Wildman–Crippen MR) is 118 cm³/mol. The molecule has 0 atom stereocenters. The summed E-state index contributed by atoms with van der Waals surface area (Å²) >= 11 is 0. The molecule has 0 heterocycles. The van der Waals surface area contributed by atoms with Gasteiger partial charge in [0.15, 0.2) is 0 Å². The molecule has 156 valence electrons. The average Bonchev–Trinajstić information content (AvgIpc) is 2.60. The van der Waals surface area contributed by atoms with Crippen molar-refractivity contribution in [2.24, 2.45) is 0 Å². The summed E-state index contributed by atoms with van der Waals surface area (Å²) in [4.78, 5) is 0. The molecule has 0 radical (unpaired) electrons. The molecule has 3 nitrogen and oxygen atoms in total. The van der Waals surface area contributed by atoms with Gasteiger partial charge in [-0.05, 0) is 64.1 Å². The van der Waals surface area contributed by atoms with Crippen LogP contribution in [0.4, 0.5) is 0 Å². The Bertz CT molecular complexity index is 714. The van der Waals surface area contributed by atoms with Crippen LogP contribution in [0.2, 0.25) is 0 Å². The topological polar surface area (TPSA) is 60.7 Å². The molecule has 0 aliphatic heterocycles. The van der Waals surface area contributed by atoms with Crippen molar-refractivity contribution in [1.29, 1.82) is 0 Å². The fourth-order valence-electron chi connectivity index (χ4n) is 3.02. The molecule has 0 unspecified atom stereocenters. The van der Waals surface area contributed by atoms with Crippen LogP contribution in [0.15, 0.2) is 36.4 Å². The van der Waals surface area contributed by atoms with Crippen molar-refractivity contribution in [1.82, 2.24) is 0 Å². The number of hydrogen-bond acceptors (Lipinski definition) is 3. The van der Waals surface area contributed by atoms with Crippen LogP contribution in [0.5, 0.6) is 11.5 Å². The van der Waals surface area contributed by atoms with Crippen LogP contribution in [-0.4, -0.2) is 15.3 Å². The van der Waals surface area contributed by atoms with Crippen LogP contribution in [0.3, 0.4) is 0 Å². The second-order valence-electron chi connectivity index (χ2n) is 9.43. The lowest BCUT2D eigenvalue weighted by Gasteiger charge is -2.28. The number of phenols is 2. The number of aryl methyl sites for hydroxylation is 1. The zero-order valence-corrected chi connectivity index (χ0v) is 18.6. The molecule has 0 saturated carbocycles. The third-order valence-electron chi connectivity index (χ3n) is 4.76. The van der Waals surface area contributed by atoms with Gasteiger partial charge in [0.05, 0.1) is 6.61 Å². The third-order valence-corrected chi connectivity index (χ3v) is 4.76. The highest BCUT2D eigenvalue weighted by Crippen LogP contribution is 2.39. The number of rotatable bonds is 4. The number of aliphatic hydroxyl groups excluding tert-OH is 1. The Balaban J connectivity index is 0.000000307. The van der Waals surface area contributed by atoms with Crippen LogP contribution in [0.1, 0.15) is 83.6 Å². The predicted octanol–water partition coefficient (Wildman–Crippen LogP) is 6.21. The highest BCUT2D eigenvalue weighted by atomic mass is 16.3. The first-order valence-corrected chi connectivity index (χ1v) is 10.2. The summed E-state index contributed by atoms with van der Waals surface area (Å²) in [6.45, 7) is 14.5. The minimum atomic E-state index is -0.130. The number of aromatic hydroxyl groups is 2. The van der Waals surface area contributed by atoms with E-state index in [1.807, 2.05) is 30.3 Å². The van der Waals surface area contributed by atoms with Gasteiger partial charge in [-0.15, -0.1) is 0 Å². The van der Waals surface area contributed by atoms with Crippen LogP contribution in [0, 0.1) is 0 Å². The Kier molecular flexibility index (Phi) is 8.56. The van der Waals surface area contributed by atoms with E-state index < -0.39 is 0 Å². The Labute approximate surface area is 171 Å². The van der Waals surface area contributed by atoms with Crippen molar-refractivity contribution in [3.63, 3.8) is 0 Å². The smallest absolute Gasteiger partial charge is 0.123 e. The summed E-state index contributed by atoms with van der Waals surface area (Å²) < 4.78 is 0.